The van der Waals surface area contributed by atoms with Crippen LogP contribution in [0.5, 0.6) is 0 Å². The number of rotatable bonds is 4. The van der Waals surface area contributed by atoms with Crippen LogP contribution in [0.1, 0.15) is 19.5 Å². The summed E-state index contributed by atoms with van der Waals surface area (Å²) in [7, 11) is 0. The fraction of sp³-hybridized carbons (Fsp3) is 0.250. The van der Waals surface area contributed by atoms with Crippen molar-refractivity contribution in [2.24, 2.45) is 0 Å². The Labute approximate surface area is 118 Å². The molecular formula is C16H18N4. The Morgan fingerprint density at radius 2 is 2.10 bits per heavy atom. The van der Waals surface area contributed by atoms with Crippen LogP contribution in [-0.4, -0.2) is 20.6 Å². The molecule has 0 atom stereocenters. The fourth-order valence-corrected chi connectivity index (χ4v) is 2.22. The van der Waals surface area contributed by atoms with Gasteiger partial charge in [-0.25, -0.2) is 4.98 Å². The summed E-state index contributed by atoms with van der Waals surface area (Å²) in [5.41, 5.74) is 3.18. The molecule has 0 saturated heterocycles. The molecule has 0 aliphatic rings. The van der Waals surface area contributed by atoms with Crippen molar-refractivity contribution in [3.05, 3.63) is 54.7 Å². The maximum absolute atomic E-state index is 4.72. The van der Waals surface area contributed by atoms with Crippen LogP contribution in [0, 0.1) is 0 Å². The number of fused-ring (bicyclic) bond motifs is 1. The van der Waals surface area contributed by atoms with Gasteiger partial charge in [-0.1, -0.05) is 32.0 Å². The number of aromatic nitrogens is 3. The zero-order valence-corrected chi connectivity index (χ0v) is 11.7. The molecular weight excluding hydrogens is 248 g/mol. The van der Waals surface area contributed by atoms with Crippen LogP contribution in [0.25, 0.3) is 16.6 Å². The number of para-hydroxylation sites is 1. The molecule has 0 amide bonds. The number of hydrogen-bond acceptors (Lipinski definition) is 3. The maximum Gasteiger partial charge on any atom is 0.0991 e. The molecule has 1 N–H and O–H groups in total. The summed E-state index contributed by atoms with van der Waals surface area (Å²) in [5.74, 6) is 0. The summed E-state index contributed by atoms with van der Waals surface area (Å²) in [6.45, 7) is 5.04. The van der Waals surface area contributed by atoms with E-state index in [1.807, 2.05) is 29.2 Å². The van der Waals surface area contributed by atoms with Gasteiger partial charge in [0.1, 0.15) is 0 Å². The van der Waals surface area contributed by atoms with E-state index in [-0.39, 0.29) is 0 Å². The normalized spacial score (nSPS) is 11.3. The van der Waals surface area contributed by atoms with E-state index in [1.165, 1.54) is 0 Å². The molecule has 4 heteroatoms. The molecule has 0 saturated carbocycles. The molecule has 2 aromatic heterocycles. The molecule has 20 heavy (non-hydrogen) atoms. The largest absolute Gasteiger partial charge is 0.309 e. The van der Waals surface area contributed by atoms with Crippen molar-refractivity contribution in [3.8, 4) is 5.69 Å². The summed E-state index contributed by atoms with van der Waals surface area (Å²) in [6, 6.07) is 10.8. The first-order chi connectivity index (χ1) is 9.74. The number of pyridine rings is 1. The highest BCUT2D eigenvalue weighted by atomic mass is 15.0. The zero-order valence-electron chi connectivity index (χ0n) is 11.7. The molecule has 0 aliphatic heterocycles. The molecule has 102 valence electrons. The van der Waals surface area contributed by atoms with Crippen LogP contribution >= 0.6 is 0 Å². The third kappa shape index (κ3) is 2.56. The van der Waals surface area contributed by atoms with Gasteiger partial charge in [0.2, 0.25) is 0 Å². The Kier molecular flexibility index (Phi) is 3.48. The van der Waals surface area contributed by atoms with Crippen LogP contribution in [0.15, 0.2) is 49.1 Å². The van der Waals surface area contributed by atoms with Gasteiger partial charge >= 0.3 is 0 Å². The molecule has 0 unspecified atom stereocenters. The topological polar surface area (TPSA) is 42.7 Å². The summed E-state index contributed by atoms with van der Waals surface area (Å²) >= 11 is 0. The Morgan fingerprint density at radius 1 is 1.25 bits per heavy atom. The minimum absolute atomic E-state index is 0.444. The molecule has 0 aliphatic carbocycles. The molecule has 4 nitrogen and oxygen atoms in total. The molecule has 0 bridgehead atoms. The average Bonchev–Trinajstić information content (AvgIpc) is 2.98. The van der Waals surface area contributed by atoms with Crippen molar-refractivity contribution in [2.45, 2.75) is 26.4 Å². The summed E-state index contributed by atoms with van der Waals surface area (Å²) in [4.78, 5) is 8.86. The zero-order chi connectivity index (χ0) is 13.9. The first-order valence-corrected chi connectivity index (χ1v) is 6.84. The van der Waals surface area contributed by atoms with Crippen LogP contribution in [-0.2, 0) is 6.54 Å². The van der Waals surface area contributed by atoms with Crippen LogP contribution in [0.3, 0.4) is 0 Å². The van der Waals surface area contributed by atoms with E-state index in [0.29, 0.717) is 6.04 Å². The minimum atomic E-state index is 0.444. The SMILES string of the molecule is CC(C)NCc1cc(-n2ccnc2)c2ccccc2n1. The van der Waals surface area contributed by atoms with Gasteiger partial charge in [-0.2, -0.15) is 0 Å². The molecule has 1 aromatic carbocycles. The molecule has 0 fully saturated rings. The third-order valence-corrected chi connectivity index (χ3v) is 3.22. The molecule has 2 heterocycles. The Morgan fingerprint density at radius 3 is 2.85 bits per heavy atom. The summed E-state index contributed by atoms with van der Waals surface area (Å²) < 4.78 is 2.03. The van der Waals surface area contributed by atoms with Crippen molar-refractivity contribution in [1.29, 1.82) is 0 Å². The van der Waals surface area contributed by atoms with E-state index in [4.69, 9.17) is 4.98 Å². The van der Waals surface area contributed by atoms with Crippen molar-refractivity contribution in [1.82, 2.24) is 19.9 Å². The Balaban J connectivity index is 2.10. The second-order valence-electron chi connectivity index (χ2n) is 5.16. The van der Waals surface area contributed by atoms with E-state index in [1.54, 1.807) is 6.20 Å². The first-order valence-electron chi connectivity index (χ1n) is 6.84. The predicted molar refractivity (Wildman–Crippen MR) is 80.8 cm³/mol. The van der Waals surface area contributed by atoms with Crippen molar-refractivity contribution >= 4 is 10.9 Å². The van der Waals surface area contributed by atoms with Gasteiger partial charge in [-0.05, 0) is 12.1 Å². The van der Waals surface area contributed by atoms with Gasteiger partial charge in [0.05, 0.1) is 23.2 Å². The highest BCUT2D eigenvalue weighted by molar-refractivity contribution is 5.87. The second-order valence-corrected chi connectivity index (χ2v) is 5.16. The summed E-state index contributed by atoms with van der Waals surface area (Å²) in [5, 5.41) is 4.55. The molecule has 0 spiro atoms. The van der Waals surface area contributed by atoms with Gasteiger partial charge in [0.25, 0.3) is 0 Å². The van der Waals surface area contributed by atoms with Gasteiger partial charge in [0, 0.05) is 30.4 Å². The fourth-order valence-electron chi connectivity index (χ4n) is 2.22. The lowest BCUT2D eigenvalue weighted by Crippen LogP contribution is -2.22. The maximum atomic E-state index is 4.72. The number of nitrogens with zero attached hydrogens (tertiary/aromatic N) is 3. The second kappa shape index (κ2) is 5.43. The van der Waals surface area contributed by atoms with Crippen LogP contribution in [0.2, 0.25) is 0 Å². The number of benzene rings is 1. The molecule has 0 radical (unpaired) electrons. The van der Waals surface area contributed by atoms with E-state index >= 15 is 0 Å². The molecule has 3 rings (SSSR count). The number of imidazole rings is 1. The van der Waals surface area contributed by atoms with E-state index in [9.17, 15) is 0 Å². The Hall–Kier alpha value is -2.20. The van der Waals surface area contributed by atoms with Crippen molar-refractivity contribution < 1.29 is 0 Å². The van der Waals surface area contributed by atoms with Gasteiger partial charge in [-0.15, -0.1) is 0 Å². The molecule has 3 aromatic rings. The lowest BCUT2D eigenvalue weighted by atomic mass is 10.1. The highest BCUT2D eigenvalue weighted by Gasteiger charge is 2.07. The smallest absolute Gasteiger partial charge is 0.0991 e. The van der Waals surface area contributed by atoms with E-state index in [2.05, 4.69) is 42.3 Å². The number of hydrogen-bond donors (Lipinski definition) is 1. The lowest BCUT2D eigenvalue weighted by molar-refractivity contribution is 0.582. The van der Waals surface area contributed by atoms with Gasteiger partial charge < -0.3 is 9.88 Å². The monoisotopic (exact) mass is 266 g/mol. The third-order valence-electron chi connectivity index (χ3n) is 3.22. The number of nitrogens with one attached hydrogen (secondary N) is 1. The van der Waals surface area contributed by atoms with Crippen molar-refractivity contribution in [3.63, 3.8) is 0 Å². The standard InChI is InChI=1S/C16H18N4/c1-12(2)18-10-13-9-16(20-8-7-17-11-20)14-5-3-4-6-15(14)19-13/h3-9,11-12,18H,10H2,1-2H3. The van der Waals surface area contributed by atoms with Gasteiger partial charge in [-0.3, -0.25) is 4.98 Å². The summed E-state index contributed by atoms with van der Waals surface area (Å²) in [6.07, 6.45) is 5.57. The first kappa shape index (κ1) is 12.8. The highest BCUT2D eigenvalue weighted by Crippen LogP contribution is 2.21. The van der Waals surface area contributed by atoms with Crippen LogP contribution < -0.4 is 5.32 Å². The quantitative estimate of drug-likeness (QED) is 0.789. The van der Waals surface area contributed by atoms with E-state index in [0.717, 1.165) is 28.8 Å². The van der Waals surface area contributed by atoms with Gasteiger partial charge in [0.15, 0.2) is 0 Å². The predicted octanol–water partition coefficient (Wildman–Crippen LogP) is 2.92. The average molecular weight is 266 g/mol. The van der Waals surface area contributed by atoms with Crippen molar-refractivity contribution in [2.75, 3.05) is 0 Å². The lowest BCUT2D eigenvalue weighted by Gasteiger charge is -2.12. The minimum Gasteiger partial charge on any atom is -0.309 e. The Bertz CT molecular complexity index is 702. The van der Waals surface area contributed by atoms with E-state index < -0.39 is 0 Å². The van der Waals surface area contributed by atoms with Crippen LogP contribution in [0.4, 0.5) is 0 Å².